The van der Waals surface area contributed by atoms with E-state index in [2.05, 4.69) is 11.8 Å². The highest BCUT2D eigenvalue weighted by molar-refractivity contribution is 4.81. The van der Waals surface area contributed by atoms with E-state index in [0.717, 1.165) is 12.6 Å². The van der Waals surface area contributed by atoms with Crippen LogP contribution in [0.3, 0.4) is 0 Å². The van der Waals surface area contributed by atoms with Gasteiger partial charge in [-0.3, -0.25) is 4.90 Å². The minimum absolute atomic E-state index is 0.581. The summed E-state index contributed by atoms with van der Waals surface area (Å²) in [6, 6.07) is 0.850. The minimum atomic E-state index is 0.581. The largest absolute Gasteiger partial charge is 0.372 e. The highest BCUT2D eigenvalue weighted by Gasteiger charge is 2.29. The first kappa shape index (κ1) is 8.52. The van der Waals surface area contributed by atoms with Crippen LogP contribution in [0.5, 0.6) is 0 Å². The first-order valence-corrected chi connectivity index (χ1v) is 5.26. The van der Waals surface area contributed by atoms with Crippen LogP contribution in [0, 0.1) is 0 Å². The molecule has 2 rings (SSSR count). The van der Waals surface area contributed by atoms with Crippen molar-refractivity contribution in [3.63, 3.8) is 0 Å². The molecule has 0 amide bonds. The smallest absolute Gasteiger partial charge is 0.0936 e. The van der Waals surface area contributed by atoms with E-state index in [4.69, 9.17) is 4.74 Å². The Morgan fingerprint density at radius 3 is 2.92 bits per heavy atom. The highest BCUT2D eigenvalue weighted by atomic mass is 16.6. The molecule has 2 unspecified atom stereocenters. The zero-order chi connectivity index (χ0) is 8.39. The molecule has 2 aliphatic heterocycles. The normalized spacial score (nSPS) is 36.8. The Labute approximate surface area is 74.9 Å². The van der Waals surface area contributed by atoms with Gasteiger partial charge in [0, 0.05) is 12.6 Å². The summed E-state index contributed by atoms with van der Waals surface area (Å²) in [5.74, 6) is 0. The van der Waals surface area contributed by atoms with Crippen molar-refractivity contribution in [3.8, 4) is 0 Å². The van der Waals surface area contributed by atoms with E-state index in [-0.39, 0.29) is 0 Å². The van der Waals surface area contributed by atoms with Gasteiger partial charge in [0.2, 0.25) is 0 Å². The van der Waals surface area contributed by atoms with Gasteiger partial charge in [-0.25, -0.2) is 0 Å². The Morgan fingerprint density at radius 1 is 1.42 bits per heavy atom. The molecule has 0 aromatic rings. The van der Waals surface area contributed by atoms with E-state index >= 15 is 0 Å². The number of rotatable bonds is 3. The number of epoxide rings is 1. The average molecular weight is 169 g/mol. The Morgan fingerprint density at radius 2 is 2.25 bits per heavy atom. The van der Waals surface area contributed by atoms with Crippen LogP contribution in [-0.2, 0) is 4.74 Å². The molecule has 0 aliphatic carbocycles. The lowest BCUT2D eigenvalue weighted by Crippen LogP contribution is -2.41. The molecule has 2 aliphatic rings. The fourth-order valence-electron chi connectivity index (χ4n) is 2.20. The maximum Gasteiger partial charge on any atom is 0.0936 e. The minimum Gasteiger partial charge on any atom is -0.372 e. The monoisotopic (exact) mass is 169 g/mol. The first-order chi connectivity index (χ1) is 5.90. The number of nitrogens with zero attached hydrogens (tertiary/aromatic N) is 1. The van der Waals surface area contributed by atoms with E-state index < -0.39 is 0 Å². The summed E-state index contributed by atoms with van der Waals surface area (Å²) in [7, 11) is 0. The van der Waals surface area contributed by atoms with Gasteiger partial charge in [-0.2, -0.15) is 0 Å². The number of hydrogen-bond donors (Lipinski definition) is 0. The van der Waals surface area contributed by atoms with E-state index in [1.165, 1.54) is 38.8 Å². The van der Waals surface area contributed by atoms with Crippen molar-refractivity contribution in [2.45, 2.75) is 44.8 Å². The van der Waals surface area contributed by atoms with E-state index in [1.54, 1.807) is 0 Å². The van der Waals surface area contributed by atoms with Crippen LogP contribution < -0.4 is 0 Å². The summed E-state index contributed by atoms with van der Waals surface area (Å²) in [6.07, 6.45) is 6.12. The zero-order valence-corrected chi connectivity index (χ0v) is 7.96. The standard InChI is InChI=1S/C10H19NO/c1-2-9-5-3-4-6-11(9)7-10-8-12-10/h9-10H,2-8H2,1H3. The van der Waals surface area contributed by atoms with Crippen molar-refractivity contribution in [3.05, 3.63) is 0 Å². The van der Waals surface area contributed by atoms with Crippen LogP contribution >= 0.6 is 0 Å². The fraction of sp³-hybridized carbons (Fsp3) is 1.00. The van der Waals surface area contributed by atoms with Crippen LogP contribution in [0.15, 0.2) is 0 Å². The molecule has 12 heavy (non-hydrogen) atoms. The predicted molar refractivity (Wildman–Crippen MR) is 49.2 cm³/mol. The maximum atomic E-state index is 5.26. The molecule has 2 saturated heterocycles. The SMILES string of the molecule is CCC1CCCCN1CC1CO1. The van der Waals surface area contributed by atoms with E-state index in [0.29, 0.717) is 6.10 Å². The third-order valence-corrected chi connectivity index (χ3v) is 3.06. The Bertz CT molecular complexity index is 145. The molecule has 2 fully saturated rings. The second-order valence-corrected chi connectivity index (χ2v) is 4.01. The lowest BCUT2D eigenvalue weighted by Gasteiger charge is -2.34. The molecule has 2 atom stereocenters. The molecule has 0 radical (unpaired) electrons. The maximum absolute atomic E-state index is 5.26. The number of piperidine rings is 1. The number of likely N-dealkylation sites (tertiary alicyclic amines) is 1. The van der Waals surface area contributed by atoms with Gasteiger partial charge in [-0.1, -0.05) is 13.3 Å². The average Bonchev–Trinajstić information content (AvgIpc) is 2.89. The fourth-order valence-corrected chi connectivity index (χ4v) is 2.20. The van der Waals surface area contributed by atoms with Gasteiger partial charge in [-0.15, -0.1) is 0 Å². The van der Waals surface area contributed by atoms with Crippen LogP contribution in [-0.4, -0.2) is 36.7 Å². The first-order valence-electron chi connectivity index (χ1n) is 5.26. The number of ether oxygens (including phenoxy) is 1. The van der Waals surface area contributed by atoms with Crippen LogP contribution in [0.4, 0.5) is 0 Å². The highest BCUT2D eigenvalue weighted by Crippen LogP contribution is 2.22. The van der Waals surface area contributed by atoms with E-state index in [9.17, 15) is 0 Å². The summed E-state index contributed by atoms with van der Waals surface area (Å²) < 4.78 is 5.26. The van der Waals surface area contributed by atoms with Crippen molar-refractivity contribution in [1.82, 2.24) is 4.90 Å². The van der Waals surface area contributed by atoms with Crippen molar-refractivity contribution in [1.29, 1.82) is 0 Å². The Hall–Kier alpha value is -0.0800. The topological polar surface area (TPSA) is 15.8 Å². The second-order valence-electron chi connectivity index (χ2n) is 4.01. The number of hydrogen-bond acceptors (Lipinski definition) is 2. The third kappa shape index (κ3) is 1.99. The molecule has 70 valence electrons. The summed E-state index contributed by atoms with van der Waals surface area (Å²) >= 11 is 0. The lowest BCUT2D eigenvalue weighted by molar-refractivity contribution is 0.132. The molecule has 0 N–H and O–H groups in total. The van der Waals surface area contributed by atoms with Gasteiger partial charge in [0.05, 0.1) is 12.7 Å². The molecule has 0 spiro atoms. The zero-order valence-electron chi connectivity index (χ0n) is 7.96. The summed E-state index contributed by atoms with van der Waals surface area (Å²) in [5, 5.41) is 0. The van der Waals surface area contributed by atoms with Gasteiger partial charge < -0.3 is 4.74 Å². The molecule has 0 aromatic carbocycles. The van der Waals surface area contributed by atoms with Gasteiger partial charge in [-0.05, 0) is 25.8 Å². The van der Waals surface area contributed by atoms with Crippen molar-refractivity contribution >= 4 is 0 Å². The quantitative estimate of drug-likeness (QED) is 0.597. The van der Waals surface area contributed by atoms with Gasteiger partial charge in [0.1, 0.15) is 0 Å². The molecule has 0 bridgehead atoms. The summed E-state index contributed by atoms with van der Waals surface area (Å²) in [4.78, 5) is 2.63. The molecule has 0 saturated carbocycles. The molecule has 2 nitrogen and oxygen atoms in total. The summed E-state index contributed by atoms with van der Waals surface area (Å²) in [5.41, 5.74) is 0. The third-order valence-electron chi connectivity index (χ3n) is 3.06. The van der Waals surface area contributed by atoms with Crippen molar-refractivity contribution in [2.24, 2.45) is 0 Å². The van der Waals surface area contributed by atoms with Crippen molar-refractivity contribution < 1.29 is 4.74 Å². The van der Waals surface area contributed by atoms with E-state index in [1.807, 2.05) is 0 Å². The van der Waals surface area contributed by atoms with Crippen LogP contribution in [0.25, 0.3) is 0 Å². The van der Waals surface area contributed by atoms with Crippen LogP contribution in [0.2, 0.25) is 0 Å². The Kier molecular flexibility index (Phi) is 2.66. The van der Waals surface area contributed by atoms with Gasteiger partial charge in [0.15, 0.2) is 0 Å². The van der Waals surface area contributed by atoms with Crippen molar-refractivity contribution in [2.75, 3.05) is 19.7 Å². The Balaban J connectivity index is 1.81. The molecular formula is C10H19NO. The molecule has 0 aromatic heterocycles. The van der Waals surface area contributed by atoms with Gasteiger partial charge in [0.25, 0.3) is 0 Å². The molecule has 2 heteroatoms. The summed E-state index contributed by atoms with van der Waals surface area (Å²) in [6.45, 7) is 5.81. The van der Waals surface area contributed by atoms with Gasteiger partial charge >= 0.3 is 0 Å². The molecular weight excluding hydrogens is 150 g/mol. The lowest BCUT2D eigenvalue weighted by atomic mass is 10.00. The molecule has 2 heterocycles. The second kappa shape index (κ2) is 3.75. The van der Waals surface area contributed by atoms with Crippen LogP contribution in [0.1, 0.15) is 32.6 Å². The predicted octanol–water partition coefficient (Wildman–Crippen LogP) is 1.65.